The fraction of sp³-hybridized carbons (Fsp3) is 0.455. The highest BCUT2D eigenvalue weighted by Crippen LogP contribution is 2.39. The minimum Gasteiger partial charge on any atom is -0.496 e. The Bertz CT molecular complexity index is 404. The van der Waals surface area contributed by atoms with Crippen LogP contribution in [0, 0.1) is 13.8 Å². The topological polar surface area (TPSA) is 47.3 Å². The third kappa shape index (κ3) is 2.89. The molecule has 0 amide bonds. The van der Waals surface area contributed by atoms with Crippen LogP contribution in [0.15, 0.2) is 12.1 Å². The van der Waals surface area contributed by atoms with E-state index in [1.54, 1.807) is 31.4 Å². The average molecular weight is 248 g/mol. The molecule has 0 aliphatic heterocycles. The summed E-state index contributed by atoms with van der Waals surface area (Å²) >= 11 is 0. The molecule has 0 aliphatic rings. The van der Waals surface area contributed by atoms with Crippen molar-refractivity contribution in [2.75, 3.05) is 7.11 Å². The van der Waals surface area contributed by atoms with E-state index in [2.05, 4.69) is 0 Å². The van der Waals surface area contributed by atoms with Gasteiger partial charge in [0.25, 0.3) is 0 Å². The number of nitrogens with two attached hydrogens (primary N) is 1. The molecule has 0 heterocycles. The predicted octanol–water partition coefficient (Wildman–Crippen LogP) is 2.38. The highest BCUT2D eigenvalue weighted by atomic mass is 19.4. The van der Waals surface area contributed by atoms with Gasteiger partial charge in [-0.25, -0.2) is 5.43 Å². The number of benzene rings is 1. The monoisotopic (exact) mass is 248 g/mol. The summed E-state index contributed by atoms with van der Waals surface area (Å²) < 4.78 is 43.4. The molecule has 0 aromatic heterocycles. The SMILES string of the molecule is COc1cc(C)cc(C)c1C(NN)C(F)(F)F. The van der Waals surface area contributed by atoms with E-state index in [1.165, 1.54) is 7.11 Å². The number of hydrogen-bond acceptors (Lipinski definition) is 3. The Morgan fingerprint density at radius 1 is 1.29 bits per heavy atom. The zero-order valence-electron chi connectivity index (χ0n) is 9.85. The number of ether oxygens (including phenoxy) is 1. The lowest BCUT2D eigenvalue weighted by molar-refractivity contribution is -0.158. The first-order valence-electron chi connectivity index (χ1n) is 4.99. The van der Waals surface area contributed by atoms with E-state index in [-0.39, 0.29) is 11.3 Å². The highest BCUT2D eigenvalue weighted by molar-refractivity contribution is 5.45. The summed E-state index contributed by atoms with van der Waals surface area (Å²) in [7, 11) is 1.33. The quantitative estimate of drug-likeness (QED) is 0.637. The third-order valence-electron chi connectivity index (χ3n) is 2.50. The van der Waals surface area contributed by atoms with Crippen LogP contribution in [0.5, 0.6) is 5.75 Å². The highest BCUT2D eigenvalue weighted by Gasteiger charge is 2.42. The largest absolute Gasteiger partial charge is 0.496 e. The van der Waals surface area contributed by atoms with Crippen molar-refractivity contribution in [3.63, 3.8) is 0 Å². The van der Waals surface area contributed by atoms with Crippen LogP contribution in [0.25, 0.3) is 0 Å². The van der Waals surface area contributed by atoms with Crippen LogP contribution in [0.2, 0.25) is 0 Å². The average Bonchev–Trinajstić information content (AvgIpc) is 2.19. The van der Waals surface area contributed by atoms with Gasteiger partial charge in [-0.05, 0) is 31.0 Å². The summed E-state index contributed by atoms with van der Waals surface area (Å²) in [5.74, 6) is 5.18. The van der Waals surface area contributed by atoms with E-state index in [1.807, 2.05) is 0 Å². The van der Waals surface area contributed by atoms with Crippen molar-refractivity contribution in [3.05, 3.63) is 28.8 Å². The Hall–Kier alpha value is -1.27. The first kappa shape index (κ1) is 13.8. The lowest BCUT2D eigenvalue weighted by Gasteiger charge is -2.23. The van der Waals surface area contributed by atoms with Crippen molar-refractivity contribution < 1.29 is 17.9 Å². The lowest BCUT2D eigenvalue weighted by Crippen LogP contribution is -2.39. The molecular weight excluding hydrogens is 233 g/mol. The second-order valence-electron chi connectivity index (χ2n) is 3.84. The van der Waals surface area contributed by atoms with Gasteiger partial charge in [0.2, 0.25) is 0 Å². The maximum absolute atomic E-state index is 12.8. The van der Waals surface area contributed by atoms with Gasteiger partial charge in [-0.2, -0.15) is 13.2 Å². The summed E-state index contributed by atoms with van der Waals surface area (Å²) in [6.45, 7) is 3.39. The maximum atomic E-state index is 12.8. The number of alkyl halides is 3. The van der Waals surface area contributed by atoms with E-state index < -0.39 is 12.2 Å². The number of rotatable bonds is 3. The van der Waals surface area contributed by atoms with Gasteiger partial charge in [-0.1, -0.05) is 6.07 Å². The Kier molecular flexibility index (Phi) is 4.00. The number of halogens is 3. The first-order valence-corrected chi connectivity index (χ1v) is 4.99. The van der Waals surface area contributed by atoms with E-state index in [9.17, 15) is 13.2 Å². The third-order valence-corrected chi connectivity index (χ3v) is 2.50. The van der Waals surface area contributed by atoms with Crippen LogP contribution in [0.1, 0.15) is 22.7 Å². The van der Waals surface area contributed by atoms with Crippen LogP contribution in [0.3, 0.4) is 0 Å². The molecule has 1 atom stereocenters. The summed E-state index contributed by atoms with van der Waals surface area (Å²) in [6, 6.07) is 1.28. The Labute approximate surface area is 97.7 Å². The first-order chi connectivity index (χ1) is 7.81. The van der Waals surface area contributed by atoms with Crippen LogP contribution in [0.4, 0.5) is 13.2 Å². The van der Waals surface area contributed by atoms with E-state index >= 15 is 0 Å². The molecule has 96 valence electrons. The van der Waals surface area contributed by atoms with Crippen molar-refractivity contribution in [2.24, 2.45) is 5.84 Å². The standard InChI is InChI=1S/C11H15F3N2O/c1-6-4-7(2)9(8(5-6)17-3)10(16-15)11(12,13)14/h4-5,10,16H,15H2,1-3H3. The molecule has 0 fully saturated rings. The number of hydrogen-bond donors (Lipinski definition) is 2. The second-order valence-corrected chi connectivity index (χ2v) is 3.84. The Morgan fingerprint density at radius 2 is 1.88 bits per heavy atom. The summed E-state index contributed by atoms with van der Waals surface area (Å²) in [5, 5.41) is 0. The van der Waals surface area contributed by atoms with E-state index in [0.717, 1.165) is 5.56 Å². The molecule has 17 heavy (non-hydrogen) atoms. The zero-order valence-corrected chi connectivity index (χ0v) is 9.85. The number of nitrogens with one attached hydrogen (secondary N) is 1. The Balaban J connectivity index is 3.37. The smallest absolute Gasteiger partial charge is 0.409 e. The van der Waals surface area contributed by atoms with Crippen LogP contribution >= 0.6 is 0 Å². The van der Waals surface area contributed by atoms with Crippen molar-refractivity contribution >= 4 is 0 Å². The van der Waals surface area contributed by atoms with E-state index in [4.69, 9.17) is 10.6 Å². The van der Waals surface area contributed by atoms with Gasteiger partial charge in [0, 0.05) is 5.56 Å². The normalized spacial score (nSPS) is 13.6. The lowest BCUT2D eigenvalue weighted by atomic mass is 9.98. The molecule has 1 aromatic carbocycles. The molecule has 1 unspecified atom stereocenters. The second kappa shape index (κ2) is 4.93. The molecule has 0 radical (unpaired) electrons. The van der Waals surface area contributed by atoms with Gasteiger partial charge < -0.3 is 4.74 Å². The van der Waals surface area contributed by atoms with Crippen molar-refractivity contribution in [1.29, 1.82) is 0 Å². The van der Waals surface area contributed by atoms with E-state index in [0.29, 0.717) is 5.56 Å². The molecule has 3 nitrogen and oxygen atoms in total. The zero-order chi connectivity index (χ0) is 13.2. The van der Waals surface area contributed by atoms with Crippen molar-refractivity contribution in [3.8, 4) is 5.75 Å². The fourth-order valence-electron chi connectivity index (χ4n) is 1.82. The maximum Gasteiger partial charge on any atom is 0.409 e. The van der Waals surface area contributed by atoms with Gasteiger partial charge in [0.05, 0.1) is 7.11 Å². The van der Waals surface area contributed by atoms with Gasteiger partial charge in [0.1, 0.15) is 11.8 Å². The minimum atomic E-state index is -4.47. The molecule has 0 saturated heterocycles. The van der Waals surface area contributed by atoms with Crippen LogP contribution in [-0.4, -0.2) is 13.3 Å². The fourth-order valence-corrected chi connectivity index (χ4v) is 1.82. The molecule has 3 N–H and O–H groups in total. The molecule has 1 aromatic rings. The Morgan fingerprint density at radius 3 is 2.29 bits per heavy atom. The minimum absolute atomic E-state index is 0.0214. The van der Waals surface area contributed by atoms with Crippen molar-refractivity contribution in [2.45, 2.75) is 26.1 Å². The number of hydrazine groups is 1. The molecular formula is C11H15F3N2O. The van der Waals surface area contributed by atoms with Gasteiger partial charge in [0.15, 0.2) is 0 Å². The molecule has 0 bridgehead atoms. The van der Waals surface area contributed by atoms with Gasteiger partial charge in [-0.3, -0.25) is 5.84 Å². The number of methoxy groups -OCH3 is 1. The van der Waals surface area contributed by atoms with Crippen LogP contribution < -0.4 is 16.0 Å². The summed E-state index contributed by atoms with van der Waals surface area (Å²) in [5.41, 5.74) is 3.13. The number of aryl methyl sites for hydroxylation is 2. The molecule has 6 heteroatoms. The molecule has 0 spiro atoms. The summed E-state index contributed by atoms with van der Waals surface area (Å²) in [6.07, 6.45) is -4.47. The molecule has 1 rings (SSSR count). The predicted molar refractivity (Wildman–Crippen MR) is 58.6 cm³/mol. The molecule has 0 aliphatic carbocycles. The van der Waals surface area contributed by atoms with Crippen molar-refractivity contribution in [1.82, 2.24) is 5.43 Å². The summed E-state index contributed by atoms with van der Waals surface area (Å²) in [4.78, 5) is 0. The van der Waals surface area contributed by atoms with Gasteiger partial charge >= 0.3 is 6.18 Å². The van der Waals surface area contributed by atoms with Gasteiger partial charge in [-0.15, -0.1) is 0 Å². The molecule has 0 saturated carbocycles. The van der Waals surface area contributed by atoms with Crippen LogP contribution in [-0.2, 0) is 0 Å².